The van der Waals surface area contributed by atoms with Crippen molar-refractivity contribution in [2.24, 2.45) is 5.41 Å². The minimum Gasteiger partial charge on any atom is -0.383 e. The predicted molar refractivity (Wildman–Crippen MR) is 87.4 cm³/mol. The van der Waals surface area contributed by atoms with E-state index in [0.29, 0.717) is 11.6 Å². The van der Waals surface area contributed by atoms with Crippen LogP contribution >= 0.6 is 11.6 Å². The van der Waals surface area contributed by atoms with Crippen LogP contribution in [0.15, 0.2) is 42.5 Å². The number of nitrogens with zero attached hydrogens (tertiary/aromatic N) is 3. The van der Waals surface area contributed by atoms with Crippen molar-refractivity contribution < 1.29 is 5.11 Å². The highest BCUT2D eigenvalue weighted by molar-refractivity contribution is 6.30. The summed E-state index contributed by atoms with van der Waals surface area (Å²) in [4.78, 5) is 3.97. The topological polar surface area (TPSA) is 50.9 Å². The third-order valence-corrected chi connectivity index (χ3v) is 4.99. The largest absolute Gasteiger partial charge is 0.383 e. The molecule has 0 aliphatic heterocycles. The molecule has 1 aliphatic rings. The van der Waals surface area contributed by atoms with E-state index in [4.69, 9.17) is 11.6 Å². The van der Waals surface area contributed by atoms with E-state index >= 15 is 0 Å². The second kappa shape index (κ2) is 5.52. The highest BCUT2D eigenvalue weighted by atomic mass is 35.5. The van der Waals surface area contributed by atoms with Crippen LogP contribution in [-0.4, -0.2) is 25.5 Å². The molecule has 1 saturated carbocycles. The molecule has 1 aromatic heterocycles. The summed E-state index contributed by atoms with van der Waals surface area (Å²) in [6.45, 7) is 4.62. The number of rotatable bonds is 3. The van der Waals surface area contributed by atoms with Crippen LogP contribution in [-0.2, 0) is 6.54 Å². The lowest BCUT2D eigenvalue weighted by Crippen LogP contribution is -2.45. The number of aliphatic hydroxyl groups is 1. The first-order chi connectivity index (χ1) is 10.4. The Kier molecular flexibility index (Phi) is 3.83. The Bertz CT molecular complexity index is 676. The third-order valence-electron chi connectivity index (χ3n) is 4.74. The van der Waals surface area contributed by atoms with Gasteiger partial charge in [0.1, 0.15) is 18.3 Å². The number of aromatic nitrogens is 3. The van der Waals surface area contributed by atoms with Crippen LogP contribution in [0.3, 0.4) is 0 Å². The molecule has 0 radical (unpaired) electrons. The molecule has 1 fully saturated rings. The number of benzene rings is 1. The Morgan fingerprint density at radius 3 is 2.68 bits per heavy atom. The van der Waals surface area contributed by atoms with Gasteiger partial charge in [0.25, 0.3) is 0 Å². The quantitative estimate of drug-likeness (QED) is 0.941. The van der Waals surface area contributed by atoms with Crippen molar-refractivity contribution in [2.75, 3.05) is 0 Å². The minimum absolute atomic E-state index is 0.211. The van der Waals surface area contributed by atoms with Crippen LogP contribution in [0.2, 0.25) is 5.02 Å². The van der Waals surface area contributed by atoms with Crippen LogP contribution < -0.4 is 0 Å². The van der Waals surface area contributed by atoms with Crippen molar-refractivity contribution in [3.05, 3.63) is 53.1 Å². The zero-order valence-corrected chi connectivity index (χ0v) is 13.6. The second-order valence-electron chi connectivity index (χ2n) is 6.56. The van der Waals surface area contributed by atoms with Gasteiger partial charge in [0.2, 0.25) is 0 Å². The maximum atomic E-state index is 11.4. The van der Waals surface area contributed by atoms with Crippen molar-refractivity contribution in [3.8, 4) is 0 Å². The Balaban J connectivity index is 1.97. The summed E-state index contributed by atoms with van der Waals surface area (Å²) in [5.41, 5.74) is 0.946. The summed E-state index contributed by atoms with van der Waals surface area (Å²) in [5, 5.41) is 16.2. The summed E-state index contributed by atoms with van der Waals surface area (Å²) in [7, 11) is 0. The highest BCUT2D eigenvalue weighted by Gasteiger charge is 2.51. The second-order valence-corrected chi connectivity index (χ2v) is 6.99. The van der Waals surface area contributed by atoms with Crippen molar-refractivity contribution in [2.45, 2.75) is 38.8 Å². The van der Waals surface area contributed by atoms with E-state index in [1.165, 1.54) is 6.33 Å². The van der Waals surface area contributed by atoms with Crippen molar-refractivity contribution >= 4 is 17.7 Å². The monoisotopic (exact) mass is 317 g/mol. The van der Waals surface area contributed by atoms with Gasteiger partial charge >= 0.3 is 0 Å². The molecule has 5 heteroatoms. The van der Waals surface area contributed by atoms with E-state index in [-0.39, 0.29) is 5.41 Å². The van der Waals surface area contributed by atoms with Crippen molar-refractivity contribution in [1.82, 2.24) is 14.8 Å². The lowest BCUT2D eigenvalue weighted by molar-refractivity contribution is -0.0298. The van der Waals surface area contributed by atoms with E-state index < -0.39 is 5.60 Å². The number of hydrogen-bond acceptors (Lipinski definition) is 3. The average molecular weight is 318 g/mol. The minimum atomic E-state index is -0.930. The standard InChI is InChI=1S/C17H20ClN3O/c1-16(2)8-7-14(9-13-3-5-15(18)6-4-13)17(16,22)10-21-12-19-11-20-21/h3-6,9,11-12,22H,7-8,10H2,1-2H3/b14-9-. The molecule has 1 heterocycles. The molecule has 1 aliphatic carbocycles. The van der Waals surface area contributed by atoms with Gasteiger partial charge in [-0.25, -0.2) is 9.67 Å². The molecule has 1 unspecified atom stereocenters. The van der Waals surface area contributed by atoms with Gasteiger partial charge in [0.15, 0.2) is 0 Å². The molecule has 0 bridgehead atoms. The zero-order chi connectivity index (χ0) is 15.8. The molecule has 0 amide bonds. The molecular formula is C17H20ClN3O. The molecule has 2 aromatic rings. The van der Waals surface area contributed by atoms with E-state index in [2.05, 4.69) is 30.0 Å². The summed E-state index contributed by atoms with van der Waals surface area (Å²) in [5.74, 6) is 0. The molecule has 1 aromatic carbocycles. The summed E-state index contributed by atoms with van der Waals surface area (Å²) < 4.78 is 1.70. The van der Waals surface area contributed by atoms with Gasteiger partial charge in [0, 0.05) is 5.02 Å². The average Bonchev–Trinajstić information content (AvgIpc) is 3.04. The Morgan fingerprint density at radius 2 is 2.05 bits per heavy atom. The molecule has 0 spiro atoms. The van der Waals surface area contributed by atoms with E-state index in [9.17, 15) is 5.11 Å². The van der Waals surface area contributed by atoms with Crippen LogP contribution in [0.4, 0.5) is 0 Å². The highest BCUT2D eigenvalue weighted by Crippen LogP contribution is 2.50. The lowest BCUT2D eigenvalue weighted by Gasteiger charge is -2.37. The predicted octanol–water partition coefficient (Wildman–Crippen LogP) is 3.57. The van der Waals surface area contributed by atoms with E-state index in [1.807, 2.05) is 24.3 Å². The van der Waals surface area contributed by atoms with Gasteiger partial charge in [-0.1, -0.05) is 43.7 Å². The number of hydrogen-bond donors (Lipinski definition) is 1. The van der Waals surface area contributed by atoms with Gasteiger partial charge in [-0.2, -0.15) is 5.10 Å². The molecule has 22 heavy (non-hydrogen) atoms. The summed E-state index contributed by atoms with van der Waals surface area (Å²) >= 11 is 5.94. The molecule has 4 nitrogen and oxygen atoms in total. The zero-order valence-electron chi connectivity index (χ0n) is 12.8. The fourth-order valence-corrected chi connectivity index (χ4v) is 3.24. The molecule has 116 valence electrons. The van der Waals surface area contributed by atoms with E-state index in [1.54, 1.807) is 11.0 Å². The first-order valence-corrected chi connectivity index (χ1v) is 7.80. The third kappa shape index (κ3) is 2.69. The number of halogens is 1. The van der Waals surface area contributed by atoms with Crippen LogP contribution in [0.5, 0.6) is 0 Å². The first kappa shape index (κ1) is 15.3. The van der Waals surface area contributed by atoms with Crippen molar-refractivity contribution in [3.63, 3.8) is 0 Å². The lowest BCUT2D eigenvalue weighted by atomic mass is 9.76. The fourth-order valence-electron chi connectivity index (χ4n) is 3.11. The molecule has 1 N–H and O–H groups in total. The Morgan fingerprint density at radius 1 is 1.32 bits per heavy atom. The fraction of sp³-hybridized carbons (Fsp3) is 0.412. The van der Waals surface area contributed by atoms with Crippen LogP contribution in [0, 0.1) is 5.41 Å². The van der Waals surface area contributed by atoms with Gasteiger partial charge in [0.05, 0.1) is 6.54 Å². The Hall–Kier alpha value is -1.65. The van der Waals surface area contributed by atoms with Crippen LogP contribution in [0.1, 0.15) is 32.3 Å². The molecule has 0 saturated heterocycles. The van der Waals surface area contributed by atoms with Crippen molar-refractivity contribution in [1.29, 1.82) is 0 Å². The summed E-state index contributed by atoms with van der Waals surface area (Å²) in [6, 6.07) is 7.67. The molecule has 1 atom stereocenters. The molecular weight excluding hydrogens is 298 g/mol. The summed E-state index contributed by atoms with van der Waals surface area (Å²) in [6.07, 6.45) is 7.03. The van der Waals surface area contributed by atoms with Crippen LogP contribution in [0.25, 0.3) is 6.08 Å². The molecule has 3 rings (SSSR count). The SMILES string of the molecule is CC1(C)CC/C(=C/c2ccc(Cl)cc2)C1(O)Cn1cncn1. The van der Waals surface area contributed by atoms with Gasteiger partial charge in [-0.3, -0.25) is 0 Å². The maximum Gasteiger partial charge on any atom is 0.137 e. The van der Waals surface area contributed by atoms with Gasteiger partial charge < -0.3 is 5.11 Å². The Labute approximate surface area is 135 Å². The smallest absolute Gasteiger partial charge is 0.137 e. The van der Waals surface area contributed by atoms with E-state index in [0.717, 1.165) is 24.0 Å². The van der Waals surface area contributed by atoms with Gasteiger partial charge in [-0.15, -0.1) is 0 Å². The first-order valence-electron chi connectivity index (χ1n) is 7.42. The maximum absolute atomic E-state index is 11.4. The normalized spacial score (nSPS) is 25.7. The van der Waals surface area contributed by atoms with Gasteiger partial charge in [-0.05, 0) is 41.5 Å².